The minimum Gasteiger partial charge on any atom is -0.304 e. The van der Waals surface area contributed by atoms with Crippen LogP contribution in [0.4, 0.5) is 0 Å². The fourth-order valence-electron chi connectivity index (χ4n) is 2.07. The number of thiazole rings is 1. The summed E-state index contributed by atoms with van der Waals surface area (Å²) in [5.74, 6) is 0. The van der Waals surface area contributed by atoms with E-state index in [4.69, 9.17) is 0 Å². The average Bonchev–Trinajstić information content (AvgIpc) is 2.88. The number of aryl methyl sites for hydroxylation is 2. The second-order valence-electron chi connectivity index (χ2n) is 4.62. The Kier molecular flexibility index (Phi) is 4.50. The largest absolute Gasteiger partial charge is 0.304 e. The number of benzene rings is 1. The highest BCUT2D eigenvalue weighted by atomic mass is 32.1. The molecule has 1 atom stereocenters. The van der Waals surface area contributed by atoms with Crippen molar-refractivity contribution < 1.29 is 0 Å². The first kappa shape index (κ1) is 13.2. The summed E-state index contributed by atoms with van der Waals surface area (Å²) in [5, 5.41) is 6.80. The number of aromatic nitrogens is 1. The third kappa shape index (κ3) is 2.98. The molecule has 0 amide bonds. The maximum Gasteiger partial charge on any atom is 0.114 e. The highest BCUT2D eigenvalue weighted by molar-refractivity contribution is 7.09. The van der Waals surface area contributed by atoms with Crippen molar-refractivity contribution in [2.24, 2.45) is 0 Å². The normalized spacial score (nSPS) is 12.6. The molecule has 0 aliphatic rings. The molecule has 0 bridgehead atoms. The molecule has 0 aliphatic heterocycles. The molecule has 0 radical (unpaired) electrons. The minimum absolute atomic E-state index is 0.227. The molecule has 0 saturated carbocycles. The van der Waals surface area contributed by atoms with Gasteiger partial charge in [-0.2, -0.15) is 0 Å². The molecule has 1 heterocycles. The van der Waals surface area contributed by atoms with Crippen LogP contribution in [0.25, 0.3) is 0 Å². The molecule has 18 heavy (non-hydrogen) atoms. The van der Waals surface area contributed by atoms with E-state index < -0.39 is 0 Å². The van der Waals surface area contributed by atoms with Gasteiger partial charge >= 0.3 is 0 Å². The van der Waals surface area contributed by atoms with Crippen molar-refractivity contribution in [1.82, 2.24) is 10.3 Å². The molecule has 0 fully saturated rings. The van der Waals surface area contributed by atoms with E-state index in [0.29, 0.717) is 0 Å². The van der Waals surface area contributed by atoms with Gasteiger partial charge in [0, 0.05) is 11.6 Å². The van der Waals surface area contributed by atoms with E-state index in [0.717, 1.165) is 18.0 Å². The van der Waals surface area contributed by atoms with Gasteiger partial charge in [-0.15, -0.1) is 11.3 Å². The third-order valence-corrected chi connectivity index (χ3v) is 3.88. The van der Waals surface area contributed by atoms with E-state index in [1.54, 1.807) is 11.3 Å². The van der Waals surface area contributed by atoms with E-state index in [-0.39, 0.29) is 6.04 Å². The van der Waals surface area contributed by atoms with Crippen molar-refractivity contribution in [3.05, 3.63) is 51.5 Å². The molecule has 1 aromatic carbocycles. The van der Waals surface area contributed by atoms with E-state index in [1.807, 2.05) is 11.6 Å². The van der Waals surface area contributed by atoms with Crippen molar-refractivity contribution in [2.75, 3.05) is 6.54 Å². The number of hydrogen-bond acceptors (Lipinski definition) is 3. The molecule has 2 nitrogen and oxygen atoms in total. The van der Waals surface area contributed by atoms with Crippen LogP contribution in [-0.2, 0) is 0 Å². The van der Waals surface area contributed by atoms with Crippen LogP contribution in [0.2, 0.25) is 0 Å². The lowest BCUT2D eigenvalue weighted by Crippen LogP contribution is -2.23. The number of hydrogen-bond donors (Lipinski definition) is 1. The lowest BCUT2D eigenvalue weighted by molar-refractivity contribution is 0.593. The highest BCUT2D eigenvalue weighted by Gasteiger charge is 2.17. The predicted molar refractivity (Wildman–Crippen MR) is 78.2 cm³/mol. The third-order valence-electron chi connectivity index (χ3n) is 3.04. The standard InChI is InChI=1S/C15H20N2S/c1-4-7-16-14(15-17-8-9-18-15)13-10-11(2)5-6-12(13)3/h5-6,8-10,14,16H,4,7H2,1-3H3. The summed E-state index contributed by atoms with van der Waals surface area (Å²) >= 11 is 1.72. The van der Waals surface area contributed by atoms with E-state index in [9.17, 15) is 0 Å². The summed E-state index contributed by atoms with van der Waals surface area (Å²) in [6, 6.07) is 6.85. The molecule has 0 saturated heterocycles. The molecular formula is C15H20N2S. The van der Waals surface area contributed by atoms with E-state index in [1.165, 1.54) is 16.7 Å². The molecule has 0 aliphatic carbocycles. The van der Waals surface area contributed by atoms with Crippen molar-refractivity contribution in [1.29, 1.82) is 0 Å². The molecule has 1 N–H and O–H groups in total. The van der Waals surface area contributed by atoms with Gasteiger partial charge in [0.2, 0.25) is 0 Å². The summed E-state index contributed by atoms with van der Waals surface area (Å²) in [6.45, 7) is 7.51. The van der Waals surface area contributed by atoms with Crippen LogP contribution in [0.5, 0.6) is 0 Å². The minimum atomic E-state index is 0.227. The van der Waals surface area contributed by atoms with Crippen LogP contribution >= 0.6 is 11.3 Å². The SMILES string of the molecule is CCCNC(c1nccs1)c1cc(C)ccc1C. The van der Waals surface area contributed by atoms with Gasteiger partial charge in [0.15, 0.2) is 0 Å². The second-order valence-corrected chi connectivity index (χ2v) is 5.54. The number of nitrogens with one attached hydrogen (secondary N) is 1. The first-order valence-corrected chi connectivity index (χ1v) is 7.30. The van der Waals surface area contributed by atoms with Crippen molar-refractivity contribution in [3.63, 3.8) is 0 Å². The average molecular weight is 260 g/mol. The molecular weight excluding hydrogens is 240 g/mol. The molecule has 0 spiro atoms. The summed E-state index contributed by atoms with van der Waals surface area (Å²) < 4.78 is 0. The Balaban J connectivity index is 2.36. The fraction of sp³-hybridized carbons (Fsp3) is 0.400. The van der Waals surface area contributed by atoms with Crippen LogP contribution in [0.1, 0.15) is 41.1 Å². The molecule has 1 aromatic heterocycles. The van der Waals surface area contributed by atoms with Crippen LogP contribution < -0.4 is 5.32 Å². The van der Waals surface area contributed by atoms with Gasteiger partial charge in [0.05, 0.1) is 6.04 Å². The van der Waals surface area contributed by atoms with Gasteiger partial charge in [0.1, 0.15) is 5.01 Å². The topological polar surface area (TPSA) is 24.9 Å². The smallest absolute Gasteiger partial charge is 0.114 e. The summed E-state index contributed by atoms with van der Waals surface area (Å²) in [7, 11) is 0. The van der Waals surface area contributed by atoms with Crippen molar-refractivity contribution in [2.45, 2.75) is 33.2 Å². The molecule has 2 rings (SSSR count). The zero-order valence-corrected chi connectivity index (χ0v) is 12.1. The highest BCUT2D eigenvalue weighted by Crippen LogP contribution is 2.27. The zero-order chi connectivity index (χ0) is 13.0. The Morgan fingerprint density at radius 3 is 2.83 bits per heavy atom. The van der Waals surface area contributed by atoms with Crippen molar-refractivity contribution >= 4 is 11.3 Å². The Bertz CT molecular complexity index is 491. The van der Waals surface area contributed by atoms with Gasteiger partial charge in [0.25, 0.3) is 0 Å². The van der Waals surface area contributed by atoms with Gasteiger partial charge < -0.3 is 5.32 Å². The van der Waals surface area contributed by atoms with Crippen molar-refractivity contribution in [3.8, 4) is 0 Å². The lowest BCUT2D eigenvalue weighted by atomic mass is 9.99. The number of nitrogens with zero attached hydrogens (tertiary/aromatic N) is 1. The summed E-state index contributed by atoms with van der Waals surface area (Å²) in [6.07, 6.45) is 3.01. The first-order valence-electron chi connectivity index (χ1n) is 6.42. The first-order chi connectivity index (χ1) is 8.72. The Hall–Kier alpha value is -1.19. The summed E-state index contributed by atoms with van der Waals surface area (Å²) in [5.41, 5.74) is 3.97. The Morgan fingerprint density at radius 2 is 2.17 bits per heavy atom. The van der Waals surface area contributed by atoms with Gasteiger partial charge in [-0.25, -0.2) is 4.98 Å². The van der Waals surface area contributed by atoms with E-state index in [2.05, 4.69) is 49.3 Å². The zero-order valence-electron chi connectivity index (χ0n) is 11.2. The maximum absolute atomic E-state index is 4.47. The van der Waals surface area contributed by atoms with Gasteiger partial charge in [-0.1, -0.05) is 30.7 Å². The lowest BCUT2D eigenvalue weighted by Gasteiger charge is -2.19. The Labute approximate surface area is 113 Å². The van der Waals surface area contributed by atoms with Crippen LogP contribution in [0.3, 0.4) is 0 Å². The molecule has 1 unspecified atom stereocenters. The quantitative estimate of drug-likeness (QED) is 0.883. The molecule has 3 heteroatoms. The number of rotatable bonds is 5. The van der Waals surface area contributed by atoms with Gasteiger partial charge in [-0.3, -0.25) is 0 Å². The molecule has 96 valence electrons. The maximum atomic E-state index is 4.47. The van der Waals surface area contributed by atoms with E-state index >= 15 is 0 Å². The Morgan fingerprint density at radius 1 is 1.33 bits per heavy atom. The summed E-state index contributed by atoms with van der Waals surface area (Å²) in [4.78, 5) is 4.47. The van der Waals surface area contributed by atoms with Crippen LogP contribution in [-0.4, -0.2) is 11.5 Å². The second kappa shape index (κ2) is 6.12. The molecule has 2 aromatic rings. The fourth-order valence-corrected chi connectivity index (χ4v) is 2.80. The van der Waals surface area contributed by atoms with Gasteiger partial charge in [-0.05, 0) is 37.9 Å². The van der Waals surface area contributed by atoms with Crippen LogP contribution in [0.15, 0.2) is 29.8 Å². The predicted octanol–water partition coefficient (Wildman–Crippen LogP) is 3.85. The van der Waals surface area contributed by atoms with Crippen LogP contribution in [0, 0.1) is 13.8 Å². The monoisotopic (exact) mass is 260 g/mol.